The summed E-state index contributed by atoms with van der Waals surface area (Å²) in [5.41, 5.74) is 1.97. The van der Waals surface area contributed by atoms with Crippen LogP contribution in [-0.4, -0.2) is 37.7 Å². The number of rotatable bonds is 3. The summed E-state index contributed by atoms with van der Waals surface area (Å²) in [5, 5.41) is 9.01. The maximum absolute atomic E-state index is 13.8. The molecule has 2 atom stereocenters. The highest BCUT2D eigenvalue weighted by atomic mass is 16.2. The van der Waals surface area contributed by atoms with Gasteiger partial charge in [0.25, 0.3) is 0 Å². The molecule has 0 radical (unpaired) electrons. The largest absolute Gasteiger partial charge is 0.334 e. The molecule has 1 amide bonds. The molecule has 3 heterocycles. The maximum atomic E-state index is 13.8. The number of aromatic nitrogens is 3. The predicted molar refractivity (Wildman–Crippen MR) is 110 cm³/mol. The van der Waals surface area contributed by atoms with Crippen LogP contribution in [0, 0.1) is 0 Å². The molecule has 1 aromatic heterocycles. The van der Waals surface area contributed by atoms with Crippen LogP contribution in [0.15, 0.2) is 60.7 Å². The third kappa shape index (κ3) is 2.56. The molecule has 1 saturated heterocycles. The minimum absolute atomic E-state index is 0.230. The van der Waals surface area contributed by atoms with E-state index in [4.69, 9.17) is 0 Å². The first kappa shape index (κ1) is 17.0. The first-order valence-electron chi connectivity index (χ1n) is 10.6. The SMILES string of the molecule is O=C(N1[C@@H]2CC[C@H]1Cc1nnc(-c3ccccc3)n1C2)C1(c2ccccc2)CC1. The fraction of sp³-hybridized carbons (Fsp3) is 0.375. The zero-order valence-electron chi connectivity index (χ0n) is 16.4. The van der Waals surface area contributed by atoms with Crippen LogP contribution in [0.1, 0.15) is 37.1 Å². The van der Waals surface area contributed by atoms with Crippen molar-refractivity contribution in [2.45, 2.75) is 56.1 Å². The lowest BCUT2D eigenvalue weighted by atomic mass is 9.93. The van der Waals surface area contributed by atoms with E-state index in [0.29, 0.717) is 5.91 Å². The van der Waals surface area contributed by atoms with Crippen LogP contribution in [-0.2, 0) is 23.2 Å². The van der Waals surface area contributed by atoms with Crippen LogP contribution >= 0.6 is 0 Å². The standard InChI is InChI=1S/C24H24N4O/c29-23(24(13-14-24)18-9-5-2-6-10-18)28-19-11-12-20(28)16-27-21(15-19)25-26-22(27)17-7-3-1-4-8-17/h1-10,19-20H,11-16H2/t19-,20+/m0/s1. The van der Waals surface area contributed by atoms with E-state index in [-0.39, 0.29) is 17.5 Å². The summed E-state index contributed by atoms with van der Waals surface area (Å²) in [6, 6.07) is 21.1. The molecule has 2 aromatic carbocycles. The van der Waals surface area contributed by atoms with E-state index < -0.39 is 0 Å². The number of benzene rings is 2. The number of carbonyl (C=O) groups is 1. The normalized spacial score (nSPS) is 24.1. The van der Waals surface area contributed by atoms with E-state index >= 15 is 0 Å². The van der Waals surface area contributed by atoms with Crippen LogP contribution in [0.5, 0.6) is 0 Å². The Kier molecular flexibility index (Phi) is 3.67. The summed E-state index contributed by atoms with van der Waals surface area (Å²) in [5.74, 6) is 2.26. The molecule has 1 saturated carbocycles. The van der Waals surface area contributed by atoms with Gasteiger partial charge in [-0.15, -0.1) is 10.2 Å². The maximum Gasteiger partial charge on any atom is 0.233 e. The fourth-order valence-corrected chi connectivity index (χ4v) is 5.33. The van der Waals surface area contributed by atoms with E-state index in [9.17, 15) is 4.79 Å². The average molecular weight is 384 g/mol. The number of hydrogen-bond donors (Lipinski definition) is 0. The number of hydrogen-bond acceptors (Lipinski definition) is 3. The van der Waals surface area contributed by atoms with E-state index in [0.717, 1.165) is 55.9 Å². The Morgan fingerprint density at radius 2 is 1.59 bits per heavy atom. The van der Waals surface area contributed by atoms with Gasteiger partial charge in [0, 0.05) is 24.6 Å². The molecule has 0 N–H and O–H groups in total. The molecular weight excluding hydrogens is 360 g/mol. The number of carbonyl (C=O) groups excluding carboxylic acids is 1. The van der Waals surface area contributed by atoms with Crippen LogP contribution in [0.25, 0.3) is 11.4 Å². The van der Waals surface area contributed by atoms with Gasteiger partial charge in [0.05, 0.1) is 11.5 Å². The van der Waals surface area contributed by atoms with Crippen molar-refractivity contribution < 1.29 is 4.79 Å². The molecule has 3 aliphatic rings. The number of amides is 1. The van der Waals surface area contributed by atoms with Gasteiger partial charge >= 0.3 is 0 Å². The molecule has 146 valence electrons. The second kappa shape index (κ2) is 6.28. The summed E-state index contributed by atoms with van der Waals surface area (Å²) < 4.78 is 2.25. The Bertz CT molecular complexity index is 1050. The Hall–Kier alpha value is -2.95. The van der Waals surface area contributed by atoms with Crippen molar-refractivity contribution in [3.05, 3.63) is 72.1 Å². The molecule has 0 spiro atoms. The summed E-state index contributed by atoms with van der Waals surface area (Å²) in [6.07, 6.45) is 4.86. The lowest BCUT2D eigenvalue weighted by Crippen LogP contribution is -2.47. The second-order valence-corrected chi connectivity index (χ2v) is 8.67. The Morgan fingerprint density at radius 3 is 2.31 bits per heavy atom. The van der Waals surface area contributed by atoms with Gasteiger partial charge in [-0.1, -0.05) is 60.7 Å². The predicted octanol–water partition coefficient (Wildman–Crippen LogP) is 3.59. The van der Waals surface area contributed by atoms with Crippen LogP contribution in [0.4, 0.5) is 0 Å². The van der Waals surface area contributed by atoms with Crippen LogP contribution < -0.4 is 0 Å². The fourth-order valence-electron chi connectivity index (χ4n) is 5.33. The molecule has 1 aliphatic carbocycles. The van der Waals surface area contributed by atoms with Crippen molar-refractivity contribution in [2.75, 3.05) is 0 Å². The zero-order valence-corrected chi connectivity index (χ0v) is 16.4. The third-order valence-corrected chi connectivity index (χ3v) is 7.01. The van der Waals surface area contributed by atoms with Gasteiger partial charge in [-0.2, -0.15) is 0 Å². The quantitative estimate of drug-likeness (QED) is 0.693. The van der Waals surface area contributed by atoms with Crippen molar-refractivity contribution in [3.8, 4) is 11.4 Å². The molecular formula is C24H24N4O. The van der Waals surface area contributed by atoms with Crippen molar-refractivity contribution in [2.24, 2.45) is 0 Å². The highest BCUT2D eigenvalue weighted by molar-refractivity contribution is 5.92. The van der Waals surface area contributed by atoms with Gasteiger partial charge in [-0.3, -0.25) is 4.79 Å². The Balaban J connectivity index is 1.34. The van der Waals surface area contributed by atoms with E-state index in [1.807, 2.05) is 36.4 Å². The van der Waals surface area contributed by atoms with Gasteiger partial charge in [0.15, 0.2) is 5.82 Å². The minimum Gasteiger partial charge on any atom is -0.334 e. The van der Waals surface area contributed by atoms with E-state index in [2.05, 4.69) is 43.9 Å². The minimum atomic E-state index is -0.297. The molecule has 5 nitrogen and oxygen atoms in total. The topological polar surface area (TPSA) is 51.0 Å². The highest BCUT2D eigenvalue weighted by Gasteiger charge is 2.56. The third-order valence-electron chi connectivity index (χ3n) is 7.01. The van der Waals surface area contributed by atoms with Gasteiger partial charge < -0.3 is 9.47 Å². The summed E-state index contributed by atoms with van der Waals surface area (Å²) in [6.45, 7) is 0.791. The lowest BCUT2D eigenvalue weighted by molar-refractivity contribution is -0.137. The average Bonchev–Trinajstić information content (AvgIpc) is 3.40. The highest BCUT2D eigenvalue weighted by Crippen LogP contribution is 2.51. The van der Waals surface area contributed by atoms with Gasteiger partial charge in [0.1, 0.15) is 5.82 Å². The van der Waals surface area contributed by atoms with Crippen molar-refractivity contribution in [3.63, 3.8) is 0 Å². The van der Waals surface area contributed by atoms with Crippen molar-refractivity contribution >= 4 is 5.91 Å². The van der Waals surface area contributed by atoms with Crippen LogP contribution in [0.2, 0.25) is 0 Å². The van der Waals surface area contributed by atoms with E-state index in [1.165, 1.54) is 5.56 Å². The molecule has 0 unspecified atom stereocenters. The van der Waals surface area contributed by atoms with Crippen LogP contribution in [0.3, 0.4) is 0 Å². The lowest BCUT2D eigenvalue weighted by Gasteiger charge is -2.32. The van der Waals surface area contributed by atoms with Crippen molar-refractivity contribution in [1.29, 1.82) is 0 Å². The molecule has 3 aromatic rings. The molecule has 6 rings (SSSR count). The molecule has 2 aliphatic heterocycles. The first-order valence-corrected chi connectivity index (χ1v) is 10.6. The Morgan fingerprint density at radius 1 is 0.897 bits per heavy atom. The molecule has 5 heteroatoms. The Labute approximate surface area is 170 Å². The molecule has 2 bridgehead atoms. The van der Waals surface area contributed by atoms with Gasteiger partial charge in [-0.05, 0) is 31.2 Å². The molecule has 29 heavy (non-hydrogen) atoms. The zero-order chi connectivity index (χ0) is 19.4. The summed E-state index contributed by atoms with van der Waals surface area (Å²) in [4.78, 5) is 16.0. The monoisotopic (exact) mass is 384 g/mol. The number of fused-ring (bicyclic) bond motifs is 3. The number of nitrogens with zero attached hydrogens (tertiary/aromatic N) is 4. The van der Waals surface area contributed by atoms with Gasteiger partial charge in [-0.25, -0.2) is 0 Å². The summed E-state index contributed by atoms with van der Waals surface area (Å²) >= 11 is 0. The smallest absolute Gasteiger partial charge is 0.233 e. The first-order chi connectivity index (χ1) is 14.3. The van der Waals surface area contributed by atoms with Crippen molar-refractivity contribution in [1.82, 2.24) is 19.7 Å². The summed E-state index contributed by atoms with van der Waals surface area (Å²) in [7, 11) is 0. The van der Waals surface area contributed by atoms with E-state index in [1.54, 1.807) is 0 Å². The molecule has 2 fully saturated rings. The second-order valence-electron chi connectivity index (χ2n) is 8.67. The van der Waals surface area contributed by atoms with Gasteiger partial charge in [0.2, 0.25) is 5.91 Å².